The van der Waals surface area contributed by atoms with E-state index in [0.29, 0.717) is 19.6 Å². The molecule has 8 heteroatoms. The number of piperidine rings is 1. The second-order valence-electron chi connectivity index (χ2n) is 9.18. The van der Waals surface area contributed by atoms with Crippen LogP contribution in [0.25, 0.3) is 0 Å². The van der Waals surface area contributed by atoms with Gasteiger partial charge in [0, 0.05) is 44.8 Å². The molecule has 0 saturated carbocycles. The monoisotopic (exact) mass is 478 g/mol. The predicted molar refractivity (Wildman–Crippen MR) is 133 cm³/mol. The second kappa shape index (κ2) is 9.70. The number of carbonyl (C=O) groups excluding carboxylic acids is 3. The zero-order chi connectivity index (χ0) is 23.7. The Kier molecular flexibility index (Phi) is 6.50. The molecule has 2 aromatic rings. The summed E-state index contributed by atoms with van der Waals surface area (Å²) >= 11 is 1.56. The number of urea groups is 1. The zero-order valence-corrected chi connectivity index (χ0v) is 20.2. The molecule has 0 radical (unpaired) electrons. The first kappa shape index (κ1) is 22.8. The molecule has 178 valence electrons. The lowest BCUT2D eigenvalue weighted by Crippen LogP contribution is -2.50. The maximum Gasteiger partial charge on any atom is 0.322 e. The van der Waals surface area contributed by atoms with Crippen LogP contribution in [0.4, 0.5) is 10.5 Å². The lowest BCUT2D eigenvalue weighted by molar-refractivity contribution is -0.136. The molecule has 3 aliphatic rings. The first-order chi connectivity index (χ1) is 16.5. The summed E-state index contributed by atoms with van der Waals surface area (Å²) in [4.78, 5) is 44.2. The van der Waals surface area contributed by atoms with E-state index in [1.807, 2.05) is 65.4 Å². The predicted octanol–water partition coefficient (Wildman–Crippen LogP) is 3.73. The SMILES string of the molecule is CN1C(=O)C(CC(=O)N2CCC(N3CCc4ccccc4NC3=O)CC2)SC1c1ccccc1. The van der Waals surface area contributed by atoms with Gasteiger partial charge in [-0.15, -0.1) is 11.8 Å². The second-order valence-corrected chi connectivity index (χ2v) is 10.5. The third-order valence-corrected chi connectivity index (χ3v) is 8.66. The molecule has 2 fully saturated rings. The summed E-state index contributed by atoms with van der Waals surface area (Å²) in [5.41, 5.74) is 3.13. The Balaban J connectivity index is 1.15. The van der Waals surface area contributed by atoms with Crippen LogP contribution in [0.3, 0.4) is 0 Å². The Hall–Kier alpha value is -3.00. The Morgan fingerprint density at radius 3 is 2.47 bits per heavy atom. The van der Waals surface area contributed by atoms with Crippen molar-refractivity contribution < 1.29 is 14.4 Å². The van der Waals surface area contributed by atoms with Crippen LogP contribution in [0.1, 0.15) is 35.8 Å². The van der Waals surface area contributed by atoms with Crippen molar-refractivity contribution in [1.29, 1.82) is 0 Å². The first-order valence-electron chi connectivity index (χ1n) is 11.9. The number of anilines is 1. The van der Waals surface area contributed by atoms with Gasteiger partial charge in [-0.25, -0.2) is 4.79 Å². The van der Waals surface area contributed by atoms with Crippen molar-refractivity contribution in [2.45, 2.75) is 42.3 Å². The van der Waals surface area contributed by atoms with Crippen molar-refractivity contribution in [1.82, 2.24) is 14.7 Å². The highest BCUT2D eigenvalue weighted by Gasteiger charge is 2.41. The van der Waals surface area contributed by atoms with E-state index >= 15 is 0 Å². The van der Waals surface area contributed by atoms with Gasteiger partial charge in [0.05, 0.1) is 5.25 Å². The lowest BCUT2D eigenvalue weighted by atomic mass is 10.0. The van der Waals surface area contributed by atoms with Crippen molar-refractivity contribution in [2.75, 3.05) is 32.0 Å². The normalized spacial score (nSPS) is 23.5. The minimum absolute atomic E-state index is 0.0166. The van der Waals surface area contributed by atoms with Crippen LogP contribution in [0.2, 0.25) is 0 Å². The number of fused-ring (bicyclic) bond motifs is 1. The fourth-order valence-corrected chi connectivity index (χ4v) is 6.59. The minimum Gasteiger partial charge on any atom is -0.342 e. The van der Waals surface area contributed by atoms with E-state index in [9.17, 15) is 14.4 Å². The van der Waals surface area contributed by atoms with Crippen LogP contribution in [0.15, 0.2) is 54.6 Å². The third kappa shape index (κ3) is 4.51. The molecule has 4 amide bonds. The van der Waals surface area contributed by atoms with Crippen LogP contribution in [-0.2, 0) is 16.0 Å². The summed E-state index contributed by atoms with van der Waals surface area (Å²) in [5.74, 6) is 0.0435. The van der Waals surface area contributed by atoms with E-state index in [0.717, 1.165) is 36.1 Å². The van der Waals surface area contributed by atoms with E-state index in [1.165, 1.54) is 0 Å². The van der Waals surface area contributed by atoms with Gasteiger partial charge in [-0.2, -0.15) is 0 Å². The topological polar surface area (TPSA) is 73.0 Å². The lowest BCUT2D eigenvalue weighted by Gasteiger charge is -2.38. The molecular weight excluding hydrogens is 448 g/mol. The van der Waals surface area contributed by atoms with Crippen LogP contribution in [-0.4, -0.2) is 70.5 Å². The smallest absolute Gasteiger partial charge is 0.322 e. The third-order valence-electron chi connectivity index (χ3n) is 7.11. The number of hydrogen-bond donors (Lipinski definition) is 1. The number of nitrogens with zero attached hydrogens (tertiary/aromatic N) is 3. The summed E-state index contributed by atoms with van der Waals surface area (Å²) in [6.45, 7) is 1.91. The van der Waals surface area contributed by atoms with Gasteiger partial charge in [-0.05, 0) is 36.5 Å². The van der Waals surface area contributed by atoms with Crippen molar-refractivity contribution in [3.63, 3.8) is 0 Å². The standard InChI is InChI=1S/C26H30N4O3S/c1-28-24(32)22(34-25(28)19-8-3-2-4-9-19)17-23(31)29-14-12-20(13-15-29)30-16-11-18-7-5-6-10-21(18)27-26(30)33/h2-10,20,22,25H,11-17H2,1H3,(H,27,33). The Morgan fingerprint density at radius 1 is 1.00 bits per heavy atom. The largest absolute Gasteiger partial charge is 0.342 e. The molecule has 2 saturated heterocycles. The zero-order valence-electron chi connectivity index (χ0n) is 19.4. The number of hydrogen-bond acceptors (Lipinski definition) is 4. The van der Waals surface area contributed by atoms with E-state index in [1.54, 1.807) is 16.7 Å². The van der Waals surface area contributed by atoms with E-state index < -0.39 is 0 Å². The van der Waals surface area contributed by atoms with Crippen LogP contribution < -0.4 is 5.32 Å². The van der Waals surface area contributed by atoms with Crippen molar-refractivity contribution in [2.24, 2.45) is 0 Å². The molecule has 7 nitrogen and oxygen atoms in total. The number of carbonyl (C=O) groups is 3. The van der Waals surface area contributed by atoms with Crippen molar-refractivity contribution in [3.05, 3.63) is 65.7 Å². The van der Waals surface area contributed by atoms with Gasteiger partial charge in [0.1, 0.15) is 5.37 Å². The molecule has 2 unspecified atom stereocenters. The maximum absolute atomic E-state index is 13.0. The highest BCUT2D eigenvalue weighted by Crippen LogP contribution is 2.43. The number of para-hydroxylation sites is 1. The highest BCUT2D eigenvalue weighted by molar-refractivity contribution is 8.01. The van der Waals surface area contributed by atoms with Crippen molar-refractivity contribution in [3.8, 4) is 0 Å². The minimum atomic E-state index is -0.352. The number of thioether (sulfide) groups is 1. The van der Waals surface area contributed by atoms with Crippen LogP contribution in [0, 0.1) is 0 Å². The van der Waals surface area contributed by atoms with Gasteiger partial charge >= 0.3 is 6.03 Å². The van der Waals surface area contributed by atoms with Gasteiger partial charge < -0.3 is 20.0 Å². The molecular formula is C26H30N4O3S. The fraction of sp³-hybridized carbons (Fsp3) is 0.423. The molecule has 2 atom stereocenters. The number of nitrogens with one attached hydrogen (secondary N) is 1. The molecule has 3 heterocycles. The summed E-state index contributed by atoms with van der Waals surface area (Å²) in [7, 11) is 1.81. The molecule has 0 aromatic heterocycles. The Morgan fingerprint density at radius 2 is 1.71 bits per heavy atom. The first-order valence-corrected chi connectivity index (χ1v) is 12.9. The summed E-state index contributed by atoms with van der Waals surface area (Å²) in [5, 5.41) is 2.64. The number of likely N-dealkylation sites (tertiary alicyclic amines) is 1. The molecule has 0 spiro atoms. The number of benzene rings is 2. The van der Waals surface area contributed by atoms with E-state index in [4.69, 9.17) is 0 Å². The van der Waals surface area contributed by atoms with Gasteiger partial charge in [0.2, 0.25) is 11.8 Å². The summed E-state index contributed by atoms with van der Waals surface area (Å²) < 4.78 is 0. The molecule has 2 aromatic carbocycles. The van der Waals surface area contributed by atoms with Crippen LogP contribution >= 0.6 is 11.8 Å². The summed E-state index contributed by atoms with van der Waals surface area (Å²) in [6, 6.07) is 17.9. The fourth-order valence-electron chi connectivity index (χ4n) is 5.16. The average molecular weight is 479 g/mol. The highest BCUT2D eigenvalue weighted by atomic mass is 32.2. The molecule has 3 aliphatic heterocycles. The molecule has 0 bridgehead atoms. The number of rotatable bonds is 4. The Bertz CT molecular complexity index is 1070. The summed E-state index contributed by atoms with van der Waals surface area (Å²) in [6.07, 6.45) is 2.56. The van der Waals surface area contributed by atoms with Crippen LogP contribution in [0.5, 0.6) is 0 Å². The van der Waals surface area contributed by atoms with Gasteiger partial charge in [0.25, 0.3) is 0 Å². The van der Waals surface area contributed by atoms with E-state index in [2.05, 4.69) is 11.4 Å². The van der Waals surface area contributed by atoms with Gasteiger partial charge in [0.15, 0.2) is 0 Å². The number of amides is 4. The van der Waals surface area contributed by atoms with Crippen molar-refractivity contribution >= 4 is 35.3 Å². The van der Waals surface area contributed by atoms with E-state index in [-0.39, 0.29) is 40.9 Å². The van der Waals surface area contributed by atoms with Gasteiger partial charge in [-0.1, -0.05) is 48.5 Å². The average Bonchev–Trinajstić information content (AvgIpc) is 3.03. The molecule has 1 N–H and O–H groups in total. The molecule has 34 heavy (non-hydrogen) atoms. The maximum atomic E-state index is 13.0. The molecule has 5 rings (SSSR count). The Labute approximate surface area is 204 Å². The quantitative estimate of drug-likeness (QED) is 0.727. The molecule has 0 aliphatic carbocycles. The van der Waals surface area contributed by atoms with Gasteiger partial charge in [-0.3, -0.25) is 9.59 Å².